The Kier molecular flexibility index (Phi) is 3.15. The van der Waals surface area contributed by atoms with Gasteiger partial charge in [-0.05, 0) is 24.1 Å². The first-order valence-electron chi connectivity index (χ1n) is 6.70. The zero-order valence-electron chi connectivity index (χ0n) is 10.8. The van der Waals surface area contributed by atoms with Crippen LogP contribution in [0, 0.1) is 0 Å². The smallest absolute Gasteiger partial charge is 0.0994 e. The highest BCUT2D eigenvalue weighted by molar-refractivity contribution is 5.37. The van der Waals surface area contributed by atoms with E-state index in [0.717, 1.165) is 19.5 Å². The van der Waals surface area contributed by atoms with Crippen molar-refractivity contribution in [2.45, 2.75) is 25.7 Å². The van der Waals surface area contributed by atoms with Crippen LogP contribution in [-0.2, 0) is 6.42 Å². The van der Waals surface area contributed by atoms with E-state index in [1.165, 1.54) is 23.4 Å². The van der Waals surface area contributed by atoms with Gasteiger partial charge < -0.3 is 9.88 Å². The second-order valence-corrected chi connectivity index (χ2v) is 4.96. The average molecular weight is 241 g/mol. The Morgan fingerprint density at radius 3 is 2.67 bits per heavy atom. The summed E-state index contributed by atoms with van der Waals surface area (Å²) < 4.78 is 2.21. The standard InChI is InChI=1S/C15H19N3/c1-2-3-12-4-6-14(7-5-12)18-11-17-10-15(18)13-8-16-9-13/h4-7,10-11,13,16H,2-3,8-9H2,1H3. The van der Waals surface area contributed by atoms with Crippen molar-refractivity contribution < 1.29 is 0 Å². The van der Waals surface area contributed by atoms with E-state index in [-0.39, 0.29) is 0 Å². The first-order chi connectivity index (χ1) is 8.88. The molecule has 0 bridgehead atoms. The minimum absolute atomic E-state index is 0.614. The molecule has 0 saturated carbocycles. The van der Waals surface area contributed by atoms with E-state index in [9.17, 15) is 0 Å². The minimum Gasteiger partial charge on any atom is -0.315 e. The molecule has 1 aliphatic rings. The zero-order valence-corrected chi connectivity index (χ0v) is 10.8. The van der Waals surface area contributed by atoms with Crippen LogP contribution in [0.25, 0.3) is 5.69 Å². The number of rotatable bonds is 4. The SMILES string of the molecule is CCCc1ccc(-n2cncc2C2CNC2)cc1. The molecule has 0 radical (unpaired) electrons. The number of nitrogens with one attached hydrogen (secondary N) is 1. The fraction of sp³-hybridized carbons (Fsp3) is 0.400. The quantitative estimate of drug-likeness (QED) is 0.891. The highest BCUT2D eigenvalue weighted by Crippen LogP contribution is 2.22. The Hall–Kier alpha value is -1.61. The molecule has 1 fully saturated rings. The summed E-state index contributed by atoms with van der Waals surface area (Å²) in [6.45, 7) is 4.35. The Labute approximate surface area is 108 Å². The van der Waals surface area contributed by atoms with Gasteiger partial charge >= 0.3 is 0 Å². The first-order valence-corrected chi connectivity index (χ1v) is 6.70. The summed E-state index contributed by atoms with van der Waals surface area (Å²) in [5, 5.41) is 3.31. The van der Waals surface area contributed by atoms with Gasteiger partial charge in [0.1, 0.15) is 0 Å². The van der Waals surface area contributed by atoms with Crippen molar-refractivity contribution in [3.8, 4) is 5.69 Å². The van der Waals surface area contributed by atoms with Crippen LogP contribution in [0.5, 0.6) is 0 Å². The largest absolute Gasteiger partial charge is 0.315 e. The van der Waals surface area contributed by atoms with Crippen molar-refractivity contribution in [1.82, 2.24) is 14.9 Å². The van der Waals surface area contributed by atoms with Gasteiger partial charge in [-0.25, -0.2) is 4.98 Å². The third-order valence-electron chi connectivity index (χ3n) is 3.62. The van der Waals surface area contributed by atoms with Crippen molar-refractivity contribution in [2.24, 2.45) is 0 Å². The molecule has 94 valence electrons. The Bertz CT molecular complexity index is 509. The number of nitrogens with zero attached hydrogens (tertiary/aromatic N) is 2. The second kappa shape index (κ2) is 4.94. The van der Waals surface area contributed by atoms with E-state index in [4.69, 9.17) is 0 Å². The van der Waals surface area contributed by atoms with Gasteiger partial charge in [0.15, 0.2) is 0 Å². The fourth-order valence-corrected chi connectivity index (χ4v) is 2.43. The Balaban J connectivity index is 1.87. The maximum absolute atomic E-state index is 4.30. The normalized spacial score (nSPS) is 15.6. The van der Waals surface area contributed by atoms with Gasteiger partial charge in [-0.3, -0.25) is 0 Å². The molecule has 0 spiro atoms. The van der Waals surface area contributed by atoms with Gasteiger partial charge in [-0.1, -0.05) is 25.5 Å². The minimum atomic E-state index is 0.614. The van der Waals surface area contributed by atoms with Crippen LogP contribution >= 0.6 is 0 Å². The second-order valence-electron chi connectivity index (χ2n) is 4.96. The van der Waals surface area contributed by atoms with Crippen LogP contribution in [0.3, 0.4) is 0 Å². The molecule has 0 atom stereocenters. The van der Waals surface area contributed by atoms with Gasteiger partial charge in [0.2, 0.25) is 0 Å². The fourth-order valence-electron chi connectivity index (χ4n) is 2.43. The zero-order chi connectivity index (χ0) is 12.4. The molecule has 3 heteroatoms. The van der Waals surface area contributed by atoms with Gasteiger partial charge in [0, 0.05) is 36.6 Å². The highest BCUT2D eigenvalue weighted by Gasteiger charge is 2.22. The van der Waals surface area contributed by atoms with Crippen LogP contribution in [0.2, 0.25) is 0 Å². The van der Waals surface area contributed by atoms with Crippen molar-refractivity contribution >= 4 is 0 Å². The summed E-state index contributed by atoms with van der Waals surface area (Å²) in [5.74, 6) is 0.614. The summed E-state index contributed by atoms with van der Waals surface area (Å²) >= 11 is 0. The number of hydrogen-bond donors (Lipinski definition) is 1. The lowest BCUT2D eigenvalue weighted by atomic mass is 9.99. The lowest BCUT2D eigenvalue weighted by Crippen LogP contribution is -2.40. The van der Waals surface area contributed by atoms with Crippen molar-refractivity contribution in [1.29, 1.82) is 0 Å². The van der Waals surface area contributed by atoms with Gasteiger partial charge in [0.25, 0.3) is 0 Å². The molecule has 1 saturated heterocycles. The molecule has 1 aliphatic heterocycles. The molecule has 1 N–H and O–H groups in total. The van der Waals surface area contributed by atoms with Crippen LogP contribution in [0.1, 0.15) is 30.5 Å². The average Bonchev–Trinajstić information content (AvgIpc) is 2.77. The molecule has 2 heterocycles. The number of benzene rings is 1. The topological polar surface area (TPSA) is 29.9 Å². The predicted molar refractivity (Wildman–Crippen MR) is 73.2 cm³/mol. The van der Waals surface area contributed by atoms with E-state index in [0.29, 0.717) is 5.92 Å². The Morgan fingerprint density at radius 1 is 1.28 bits per heavy atom. The van der Waals surface area contributed by atoms with Gasteiger partial charge in [-0.2, -0.15) is 0 Å². The highest BCUT2D eigenvalue weighted by atomic mass is 15.1. The molecule has 1 aromatic heterocycles. The summed E-state index contributed by atoms with van der Waals surface area (Å²) in [7, 11) is 0. The van der Waals surface area contributed by atoms with Crippen molar-refractivity contribution in [2.75, 3.05) is 13.1 Å². The van der Waals surface area contributed by atoms with Gasteiger partial charge in [0.05, 0.1) is 6.33 Å². The molecule has 18 heavy (non-hydrogen) atoms. The predicted octanol–water partition coefficient (Wildman–Crippen LogP) is 2.51. The molecular weight excluding hydrogens is 222 g/mol. The van der Waals surface area contributed by atoms with E-state index in [1.807, 2.05) is 12.5 Å². The maximum Gasteiger partial charge on any atom is 0.0994 e. The lowest BCUT2D eigenvalue weighted by Gasteiger charge is -2.27. The van der Waals surface area contributed by atoms with E-state index < -0.39 is 0 Å². The van der Waals surface area contributed by atoms with E-state index in [2.05, 4.69) is 46.1 Å². The number of aromatic nitrogens is 2. The third kappa shape index (κ3) is 2.06. The molecule has 0 amide bonds. The van der Waals surface area contributed by atoms with Crippen LogP contribution in [0.15, 0.2) is 36.8 Å². The monoisotopic (exact) mass is 241 g/mol. The molecule has 3 rings (SSSR count). The first kappa shape index (κ1) is 11.5. The van der Waals surface area contributed by atoms with Crippen LogP contribution in [0.4, 0.5) is 0 Å². The van der Waals surface area contributed by atoms with E-state index in [1.54, 1.807) is 0 Å². The van der Waals surface area contributed by atoms with E-state index >= 15 is 0 Å². The summed E-state index contributed by atoms with van der Waals surface area (Å²) in [6.07, 6.45) is 6.26. The van der Waals surface area contributed by atoms with Crippen LogP contribution < -0.4 is 5.32 Å². The molecule has 0 unspecified atom stereocenters. The van der Waals surface area contributed by atoms with Crippen molar-refractivity contribution in [3.05, 3.63) is 48.0 Å². The molecule has 2 aromatic rings. The molecule has 0 aliphatic carbocycles. The molecular formula is C15H19N3. The van der Waals surface area contributed by atoms with Crippen LogP contribution in [-0.4, -0.2) is 22.6 Å². The number of aryl methyl sites for hydroxylation is 1. The summed E-state index contributed by atoms with van der Waals surface area (Å²) in [6, 6.07) is 8.84. The third-order valence-corrected chi connectivity index (χ3v) is 3.62. The lowest BCUT2D eigenvalue weighted by molar-refractivity contribution is 0.435. The van der Waals surface area contributed by atoms with Crippen molar-refractivity contribution in [3.63, 3.8) is 0 Å². The molecule has 1 aromatic carbocycles. The molecule has 3 nitrogen and oxygen atoms in total. The summed E-state index contributed by atoms with van der Waals surface area (Å²) in [5.41, 5.74) is 3.94. The number of hydrogen-bond acceptors (Lipinski definition) is 2. The number of imidazole rings is 1. The summed E-state index contributed by atoms with van der Waals surface area (Å²) in [4.78, 5) is 4.30. The maximum atomic E-state index is 4.30. The van der Waals surface area contributed by atoms with Gasteiger partial charge in [-0.15, -0.1) is 0 Å². The Morgan fingerprint density at radius 2 is 2.06 bits per heavy atom.